The molecule has 0 aromatic carbocycles. The van der Waals surface area contributed by atoms with Gasteiger partial charge in [-0.2, -0.15) is 0 Å². The Morgan fingerprint density at radius 1 is 1.47 bits per heavy atom. The third-order valence-corrected chi connectivity index (χ3v) is 2.44. The van der Waals surface area contributed by atoms with Crippen molar-refractivity contribution in [3.63, 3.8) is 0 Å². The molecule has 0 aromatic rings. The van der Waals surface area contributed by atoms with Crippen LogP contribution in [0.1, 0.15) is 26.2 Å². The first-order valence-electron chi connectivity index (χ1n) is 5.61. The highest BCUT2D eigenvalue weighted by Gasteiger charge is 2.08. The summed E-state index contributed by atoms with van der Waals surface area (Å²) in [5.74, 6) is 1.88. The van der Waals surface area contributed by atoms with Gasteiger partial charge in [0.15, 0.2) is 0 Å². The van der Waals surface area contributed by atoms with Crippen LogP contribution in [0.4, 0.5) is 4.79 Å². The highest BCUT2D eigenvalue weighted by molar-refractivity contribution is 5.74. The van der Waals surface area contributed by atoms with Crippen molar-refractivity contribution in [1.29, 1.82) is 0 Å². The number of nitrogens with zero attached hydrogens (tertiary/aromatic N) is 1. The molecule has 0 aromatic heterocycles. The largest absolute Gasteiger partial charge is 0.481 e. The SMILES string of the molecule is C#CCN(C)C(=O)NCCC(C)CCC(=O)O. The third-order valence-electron chi connectivity index (χ3n) is 2.44. The fraction of sp³-hybridized carbons (Fsp3) is 0.667. The molecule has 0 aliphatic rings. The molecule has 2 N–H and O–H groups in total. The van der Waals surface area contributed by atoms with E-state index in [2.05, 4.69) is 11.2 Å². The molecule has 0 saturated heterocycles. The van der Waals surface area contributed by atoms with E-state index in [0.717, 1.165) is 6.42 Å². The number of carboxylic acid groups (broad SMARTS) is 1. The number of amides is 2. The molecule has 0 bridgehead atoms. The second-order valence-electron chi connectivity index (χ2n) is 4.12. The van der Waals surface area contributed by atoms with E-state index in [1.807, 2.05) is 6.92 Å². The van der Waals surface area contributed by atoms with Gasteiger partial charge in [-0.05, 0) is 18.8 Å². The van der Waals surface area contributed by atoms with Crippen molar-refractivity contribution in [3.05, 3.63) is 0 Å². The summed E-state index contributed by atoms with van der Waals surface area (Å²) in [6.45, 7) is 2.79. The summed E-state index contributed by atoms with van der Waals surface area (Å²) in [7, 11) is 1.63. The average Bonchev–Trinajstić information content (AvgIpc) is 2.26. The molecule has 0 aliphatic carbocycles. The van der Waals surface area contributed by atoms with Crippen LogP contribution in [0.15, 0.2) is 0 Å². The van der Waals surface area contributed by atoms with E-state index >= 15 is 0 Å². The van der Waals surface area contributed by atoms with E-state index in [0.29, 0.717) is 13.0 Å². The highest BCUT2D eigenvalue weighted by Crippen LogP contribution is 2.09. The summed E-state index contributed by atoms with van der Waals surface area (Å²) in [5, 5.41) is 11.2. The molecule has 96 valence electrons. The van der Waals surface area contributed by atoms with E-state index in [1.165, 1.54) is 4.90 Å². The number of carboxylic acids is 1. The lowest BCUT2D eigenvalue weighted by Crippen LogP contribution is -2.38. The van der Waals surface area contributed by atoms with Crippen molar-refractivity contribution in [2.75, 3.05) is 20.1 Å². The third kappa shape index (κ3) is 8.14. The topological polar surface area (TPSA) is 69.6 Å². The first-order valence-corrected chi connectivity index (χ1v) is 5.61. The smallest absolute Gasteiger partial charge is 0.317 e. The summed E-state index contributed by atoms with van der Waals surface area (Å²) < 4.78 is 0. The van der Waals surface area contributed by atoms with Crippen LogP contribution in [0.2, 0.25) is 0 Å². The maximum absolute atomic E-state index is 11.4. The number of carbonyl (C=O) groups excluding carboxylic acids is 1. The lowest BCUT2D eigenvalue weighted by molar-refractivity contribution is -0.137. The highest BCUT2D eigenvalue weighted by atomic mass is 16.4. The number of urea groups is 1. The fourth-order valence-corrected chi connectivity index (χ4v) is 1.28. The summed E-state index contributed by atoms with van der Waals surface area (Å²) in [6.07, 6.45) is 6.65. The molecule has 0 saturated carbocycles. The van der Waals surface area contributed by atoms with Crippen molar-refractivity contribution in [2.24, 2.45) is 5.92 Å². The number of terminal acetylenes is 1. The lowest BCUT2D eigenvalue weighted by Gasteiger charge is -2.16. The van der Waals surface area contributed by atoms with Crippen LogP contribution in [0.3, 0.4) is 0 Å². The fourth-order valence-electron chi connectivity index (χ4n) is 1.28. The van der Waals surface area contributed by atoms with Crippen LogP contribution in [0.25, 0.3) is 0 Å². The number of hydrogen-bond donors (Lipinski definition) is 2. The molecule has 0 radical (unpaired) electrons. The molecule has 0 heterocycles. The minimum atomic E-state index is -0.783. The number of nitrogens with one attached hydrogen (secondary N) is 1. The van der Waals surface area contributed by atoms with Crippen molar-refractivity contribution in [2.45, 2.75) is 26.2 Å². The van der Waals surface area contributed by atoms with Gasteiger partial charge in [0.05, 0.1) is 6.54 Å². The van der Waals surface area contributed by atoms with Crippen molar-refractivity contribution in [3.8, 4) is 12.3 Å². The maximum Gasteiger partial charge on any atom is 0.317 e. The van der Waals surface area contributed by atoms with Crippen molar-refractivity contribution in [1.82, 2.24) is 10.2 Å². The van der Waals surface area contributed by atoms with Gasteiger partial charge >= 0.3 is 12.0 Å². The maximum atomic E-state index is 11.4. The van der Waals surface area contributed by atoms with Crippen LogP contribution in [0, 0.1) is 18.3 Å². The average molecular weight is 240 g/mol. The minimum absolute atomic E-state index is 0.173. The molecule has 1 atom stereocenters. The molecule has 2 amide bonds. The van der Waals surface area contributed by atoms with Crippen molar-refractivity contribution < 1.29 is 14.7 Å². The molecular formula is C12H20N2O3. The molecule has 0 spiro atoms. The zero-order valence-corrected chi connectivity index (χ0v) is 10.4. The summed E-state index contributed by atoms with van der Waals surface area (Å²) >= 11 is 0. The van der Waals surface area contributed by atoms with Gasteiger partial charge in [-0.25, -0.2) is 4.79 Å². The monoisotopic (exact) mass is 240 g/mol. The number of aliphatic carboxylic acids is 1. The number of hydrogen-bond acceptors (Lipinski definition) is 2. The Balaban J connectivity index is 3.66. The van der Waals surface area contributed by atoms with E-state index in [1.54, 1.807) is 7.05 Å². The first-order chi connectivity index (χ1) is 7.97. The van der Waals surface area contributed by atoms with Gasteiger partial charge in [-0.15, -0.1) is 6.42 Å². The lowest BCUT2D eigenvalue weighted by atomic mass is 10.0. The second kappa shape index (κ2) is 8.45. The van der Waals surface area contributed by atoms with E-state index in [4.69, 9.17) is 11.5 Å². The van der Waals surface area contributed by atoms with Gasteiger partial charge < -0.3 is 15.3 Å². The molecule has 0 rings (SSSR count). The Morgan fingerprint density at radius 2 is 2.12 bits per heavy atom. The first kappa shape index (κ1) is 15.3. The normalized spacial score (nSPS) is 11.4. The Kier molecular flexibility index (Phi) is 7.61. The van der Waals surface area contributed by atoms with Crippen LogP contribution in [-0.2, 0) is 4.79 Å². The Hall–Kier alpha value is -1.70. The molecule has 0 aliphatic heterocycles. The number of rotatable bonds is 7. The summed E-state index contributed by atoms with van der Waals surface area (Å²) in [4.78, 5) is 23.2. The molecular weight excluding hydrogens is 220 g/mol. The van der Waals surface area contributed by atoms with Gasteiger partial charge in [0.25, 0.3) is 0 Å². The van der Waals surface area contributed by atoms with Crippen LogP contribution < -0.4 is 5.32 Å². The van der Waals surface area contributed by atoms with Gasteiger partial charge in [-0.3, -0.25) is 4.79 Å². The Morgan fingerprint density at radius 3 is 2.65 bits per heavy atom. The summed E-state index contributed by atoms with van der Waals surface area (Å²) in [6, 6.07) is -0.201. The standard InChI is InChI=1S/C12H20N2O3/c1-4-9-14(3)12(17)13-8-7-10(2)5-6-11(15)16/h1,10H,5-9H2,2-3H3,(H,13,17)(H,15,16). The van der Waals surface area contributed by atoms with E-state index in [-0.39, 0.29) is 24.9 Å². The van der Waals surface area contributed by atoms with Gasteiger partial charge in [0.1, 0.15) is 0 Å². The zero-order chi connectivity index (χ0) is 13.3. The van der Waals surface area contributed by atoms with E-state index < -0.39 is 5.97 Å². The molecule has 0 fully saturated rings. The quantitative estimate of drug-likeness (QED) is 0.656. The predicted octanol–water partition coefficient (Wildman–Crippen LogP) is 1.15. The molecule has 1 unspecified atom stereocenters. The van der Waals surface area contributed by atoms with Gasteiger partial charge in [-0.1, -0.05) is 12.8 Å². The Labute approximate surface area is 102 Å². The van der Waals surface area contributed by atoms with Crippen LogP contribution in [0.5, 0.6) is 0 Å². The summed E-state index contributed by atoms with van der Waals surface area (Å²) in [5.41, 5.74) is 0. The minimum Gasteiger partial charge on any atom is -0.481 e. The molecule has 5 heteroatoms. The Bertz CT molecular complexity index is 297. The van der Waals surface area contributed by atoms with Crippen molar-refractivity contribution >= 4 is 12.0 Å². The number of carbonyl (C=O) groups is 2. The predicted molar refractivity (Wildman–Crippen MR) is 65.5 cm³/mol. The molecule has 5 nitrogen and oxygen atoms in total. The van der Waals surface area contributed by atoms with Crippen LogP contribution in [-0.4, -0.2) is 42.1 Å². The zero-order valence-electron chi connectivity index (χ0n) is 10.4. The van der Waals surface area contributed by atoms with Gasteiger partial charge in [0, 0.05) is 20.0 Å². The van der Waals surface area contributed by atoms with Crippen LogP contribution >= 0.6 is 0 Å². The molecule has 17 heavy (non-hydrogen) atoms. The van der Waals surface area contributed by atoms with E-state index in [9.17, 15) is 9.59 Å². The van der Waals surface area contributed by atoms with Gasteiger partial charge in [0.2, 0.25) is 0 Å². The second-order valence-corrected chi connectivity index (χ2v) is 4.12.